The molecule has 5 rings (SSSR count). The lowest BCUT2D eigenvalue weighted by Crippen LogP contribution is -2.33. The predicted molar refractivity (Wildman–Crippen MR) is 90.1 cm³/mol. The average Bonchev–Trinajstić information content (AvgIpc) is 3.33. The van der Waals surface area contributed by atoms with Gasteiger partial charge in [0.05, 0.1) is 30.6 Å². The highest BCUT2D eigenvalue weighted by atomic mass is 16.5. The first-order valence-corrected chi connectivity index (χ1v) is 8.73. The molecule has 1 aromatic carbocycles. The number of carbonyl (C=O) groups is 2. The molecule has 0 saturated carbocycles. The highest BCUT2D eigenvalue weighted by molar-refractivity contribution is 6.06. The second-order valence-corrected chi connectivity index (χ2v) is 7.00. The summed E-state index contributed by atoms with van der Waals surface area (Å²) < 4.78 is 5.80. The van der Waals surface area contributed by atoms with Crippen LogP contribution >= 0.6 is 0 Å². The molecule has 126 valence electrons. The molecule has 0 unspecified atom stereocenters. The van der Waals surface area contributed by atoms with Gasteiger partial charge in [0, 0.05) is 18.0 Å². The Morgan fingerprint density at radius 1 is 1.00 bits per heavy atom. The molecule has 0 N–H and O–H groups in total. The molecule has 2 aromatic rings. The molecule has 0 aliphatic carbocycles. The second-order valence-electron chi connectivity index (χ2n) is 7.00. The molecule has 2 bridgehead atoms. The highest BCUT2D eigenvalue weighted by Gasteiger charge is 2.62. The van der Waals surface area contributed by atoms with E-state index in [2.05, 4.69) is 4.98 Å². The Balaban J connectivity index is 1.47. The second kappa shape index (κ2) is 5.49. The zero-order valence-electron chi connectivity index (χ0n) is 13.7. The first kappa shape index (κ1) is 14.8. The summed E-state index contributed by atoms with van der Waals surface area (Å²) >= 11 is 0. The molecule has 4 heterocycles. The molecule has 1 aromatic heterocycles. The smallest absolute Gasteiger partial charge is 0.236 e. The number of nitrogens with zero attached hydrogens (tertiary/aromatic N) is 2. The number of pyridine rings is 1. The fourth-order valence-electron chi connectivity index (χ4n) is 4.56. The molecule has 3 aliphatic heterocycles. The minimum absolute atomic E-state index is 0.0648. The van der Waals surface area contributed by atoms with E-state index in [-0.39, 0.29) is 35.9 Å². The Kier molecular flexibility index (Phi) is 3.25. The molecule has 3 fully saturated rings. The van der Waals surface area contributed by atoms with E-state index in [0.717, 1.165) is 29.5 Å². The minimum Gasteiger partial charge on any atom is -0.373 e. The van der Waals surface area contributed by atoms with Crippen molar-refractivity contribution in [2.75, 3.05) is 0 Å². The third-order valence-corrected chi connectivity index (χ3v) is 5.69. The number of rotatable bonds is 3. The van der Waals surface area contributed by atoms with Crippen LogP contribution in [0.4, 0.5) is 0 Å². The van der Waals surface area contributed by atoms with Crippen LogP contribution in [0.15, 0.2) is 48.8 Å². The van der Waals surface area contributed by atoms with Gasteiger partial charge in [-0.3, -0.25) is 19.5 Å². The number of aromatic nitrogens is 1. The van der Waals surface area contributed by atoms with Crippen LogP contribution in [-0.4, -0.2) is 33.9 Å². The zero-order chi connectivity index (χ0) is 17.0. The lowest BCUT2D eigenvalue weighted by atomic mass is 9.81. The summed E-state index contributed by atoms with van der Waals surface area (Å²) in [7, 11) is 0. The van der Waals surface area contributed by atoms with E-state index in [1.54, 1.807) is 12.4 Å². The van der Waals surface area contributed by atoms with E-state index < -0.39 is 0 Å². The van der Waals surface area contributed by atoms with Gasteiger partial charge in [0.2, 0.25) is 11.8 Å². The maximum absolute atomic E-state index is 12.9. The number of likely N-dealkylation sites (tertiary alicyclic amines) is 1. The Morgan fingerprint density at radius 3 is 2.40 bits per heavy atom. The van der Waals surface area contributed by atoms with Crippen molar-refractivity contribution in [2.24, 2.45) is 11.8 Å². The predicted octanol–water partition coefficient (Wildman–Crippen LogP) is 2.41. The average molecular weight is 334 g/mol. The summed E-state index contributed by atoms with van der Waals surface area (Å²) in [6.45, 7) is 0.315. The SMILES string of the molecule is O=C1[C@@H]2[C@H](C(=O)N1Cc1ccccc1-c1cccnc1)[C@H]1CC[C@@H]2O1. The Hall–Kier alpha value is -2.53. The maximum Gasteiger partial charge on any atom is 0.236 e. The van der Waals surface area contributed by atoms with Gasteiger partial charge >= 0.3 is 0 Å². The number of hydrogen-bond acceptors (Lipinski definition) is 4. The van der Waals surface area contributed by atoms with Crippen LogP contribution in [0, 0.1) is 11.8 Å². The quantitative estimate of drug-likeness (QED) is 0.809. The first-order valence-electron chi connectivity index (χ1n) is 8.73. The van der Waals surface area contributed by atoms with E-state index in [1.807, 2.05) is 36.4 Å². The van der Waals surface area contributed by atoms with Gasteiger partial charge in [-0.2, -0.15) is 0 Å². The summed E-state index contributed by atoms with van der Waals surface area (Å²) in [6.07, 6.45) is 5.19. The van der Waals surface area contributed by atoms with E-state index in [9.17, 15) is 9.59 Å². The van der Waals surface area contributed by atoms with Gasteiger partial charge in [0.15, 0.2) is 0 Å². The monoisotopic (exact) mass is 334 g/mol. The van der Waals surface area contributed by atoms with E-state index >= 15 is 0 Å². The van der Waals surface area contributed by atoms with Crippen LogP contribution in [0.1, 0.15) is 18.4 Å². The standard InChI is InChI=1S/C20H18N2O3/c23-19-17-15-7-8-16(25-15)18(17)20(24)22(19)11-13-4-1-2-6-14(13)12-5-3-9-21-10-12/h1-6,9-10,15-18H,7-8,11H2/t15-,16+,17-,18+. The normalized spacial score (nSPS) is 30.2. The largest absolute Gasteiger partial charge is 0.373 e. The number of amides is 2. The Bertz CT molecular complexity index is 823. The molecule has 0 radical (unpaired) electrons. The van der Waals surface area contributed by atoms with Crippen molar-refractivity contribution in [2.45, 2.75) is 31.6 Å². The first-order chi connectivity index (χ1) is 12.2. The number of carbonyl (C=O) groups excluding carboxylic acids is 2. The third-order valence-electron chi connectivity index (χ3n) is 5.69. The molecule has 4 atom stereocenters. The third kappa shape index (κ3) is 2.15. The molecule has 3 saturated heterocycles. The van der Waals surface area contributed by atoms with Crippen LogP contribution in [0.25, 0.3) is 11.1 Å². The van der Waals surface area contributed by atoms with Crippen molar-refractivity contribution in [3.05, 3.63) is 54.4 Å². The van der Waals surface area contributed by atoms with E-state index in [1.165, 1.54) is 4.90 Å². The Labute approximate surface area is 145 Å². The van der Waals surface area contributed by atoms with Gasteiger partial charge < -0.3 is 4.74 Å². The number of hydrogen-bond donors (Lipinski definition) is 0. The fraction of sp³-hybridized carbons (Fsp3) is 0.350. The van der Waals surface area contributed by atoms with Crippen molar-refractivity contribution < 1.29 is 14.3 Å². The van der Waals surface area contributed by atoms with Crippen molar-refractivity contribution in [1.29, 1.82) is 0 Å². The lowest BCUT2D eigenvalue weighted by Gasteiger charge is -2.19. The molecule has 0 spiro atoms. The van der Waals surface area contributed by atoms with Gasteiger partial charge in [-0.15, -0.1) is 0 Å². The van der Waals surface area contributed by atoms with Crippen molar-refractivity contribution >= 4 is 11.8 Å². The van der Waals surface area contributed by atoms with Gasteiger partial charge in [0.1, 0.15) is 0 Å². The summed E-state index contributed by atoms with van der Waals surface area (Å²) in [4.78, 5) is 31.3. The van der Waals surface area contributed by atoms with Crippen molar-refractivity contribution in [3.8, 4) is 11.1 Å². The highest BCUT2D eigenvalue weighted by Crippen LogP contribution is 2.48. The molecular formula is C20H18N2O3. The van der Waals surface area contributed by atoms with Crippen molar-refractivity contribution in [1.82, 2.24) is 9.88 Å². The van der Waals surface area contributed by atoms with Gasteiger partial charge in [-0.05, 0) is 30.0 Å². The van der Waals surface area contributed by atoms with Crippen LogP contribution in [0.2, 0.25) is 0 Å². The van der Waals surface area contributed by atoms with Crippen LogP contribution in [0.3, 0.4) is 0 Å². The molecule has 5 nitrogen and oxygen atoms in total. The minimum atomic E-state index is -0.267. The van der Waals surface area contributed by atoms with Gasteiger partial charge in [-0.1, -0.05) is 30.3 Å². The number of imide groups is 1. The summed E-state index contributed by atoms with van der Waals surface area (Å²) in [6, 6.07) is 11.8. The molecular weight excluding hydrogens is 316 g/mol. The summed E-state index contributed by atoms with van der Waals surface area (Å²) in [5, 5.41) is 0. The zero-order valence-corrected chi connectivity index (χ0v) is 13.7. The molecule has 3 aliphatic rings. The Morgan fingerprint density at radius 2 is 1.72 bits per heavy atom. The van der Waals surface area contributed by atoms with Crippen LogP contribution in [0.5, 0.6) is 0 Å². The maximum atomic E-state index is 12.9. The van der Waals surface area contributed by atoms with Crippen LogP contribution in [-0.2, 0) is 20.9 Å². The number of benzene rings is 1. The van der Waals surface area contributed by atoms with Crippen LogP contribution < -0.4 is 0 Å². The molecule has 2 amide bonds. The summed E-state index contributed by atoms with van der Waals surface area (Å²) in [5.74, 6) is -0.667. The van der Waals surface area contributed by atoms with Gasteiger partial charge in [0.25, 0.3) is 0 Å². The topological polar surface area (TPSA) is 59.5 Å². The fourth-order valence-corrected chi connectivity index (χ4v) is 4.56. The van der Waals surface area contributed by atoms with E-state index in [4.69, 9.17) is 4.74 Å². The number of ether oxygens (including phenoxy) is 1. The molecule has 25 heavy (non-hydrogen) atoms. The number of fused-ring (bicyclic) bond motifs is 5. The van der Waals surface area contributed by atoms with Crippen molar-refractivity contribution in [3.63, 3.8) is 0 Å². The van der Waals surface area contributed by atoms with Gasteiger partial charge in [-0.25, -0.2) is 0 Å². The lowest BCUT2D eigenvalue weighted by molar-refractivity contribution is -0.143. The van der Waals surface area contributed by atoms with E-state index in [0.29, 0.717) is 6.54 Å². The molecule has 5 heteroatoms. The summed E-state index contributed by atoms with van der Waals surface area (Å²) in [5.41, 5.74) is 2.96.